The molecule has 2 aromatic heterocycles. The second kappa shape index (κ2) is 7.56. The predicted molar refractivity (Wildman–Crippen MR) is 104 cm³/mol. The van der Waals surface area contributed by atoms with E-state index in [4.69, 9.17) is 16.3 Å². The summed E-state index contributed by atoms with van der Waals surface area (Å²) in [5, 5.41) is 13.1. The van der Waals surface area contributed by atoms with Gasteiger partial charge in [0.1, 0.15) is 16.2 Å². The van der Waals surface area contributed by atoms with Crippen molar-refractivity contribution in [3.8, 4) is 11.5 Å². The van der Waals surface area contributed by atoms with E-state index in [9.17, 15) is 14.7 Å². The van der Waals surface area contributed by atoms with Crippen LogP contribution in [0.4, 0.5) is 5.69 Å². The molecule has 0 aliphatic heterocycles. The molecule has 0 bridgehead atoms. The van der Waals surface area contributed by atoms with Crippen LogP contribution in [-0.2, 0) is 4.79 Å². The van der Waals surface area contributed by atoms with Crippen molar-refractivity contribution in [2.24, 2.45) is 0 Å². The van der Waals surface area contributed by atoms with E-state index in [1.54, 1.807) is 12.1 Å². The van der Waals surface area contributed by atoms with Gasteiger partial charge in [0, 0.05) is 17.2 Å². The number of fused-ring (bicyclic) bond motifs is 1. The highest BCUT2D eigenvalue weighted by molar-refractivity contribution is 8.01. The summed E-state index contributed by atoms with van der Waals surface area (Å²) in [6, 6.07) is 4.48. The Balaban J connectivity index is 1.71. The zero-order valence-electron chi connectivity index (χ0n) is 13.8. The number of aromatic hydroxyl groups is 1. The summed E-state index contributed by atoms with van der Waals surface area (Å²) >= 11 is 8.46. The molecule has 0 aliphatic carbocycles. The summed E-state index contributed by atoms with van der Waals surface area (Å²) in [6.45, 7) is 1.83. The number of amides is 1. The first-order valence-corrected chi connectivity index (χ1v) is 9.55. The molecule has 2 heterocycles. The largest absolute Gasteiger partial charge is 0.506 e. The first-order chi connectivity index (χ1) is 12.4. The lowest BCUT2D eigenvalue weighted by Crippen LogP contribution is -2.14. The highest BCUT2D eigenvalue weighted by Crippen LogP contribution is 2.34. The van der Waals surface area contributed by atoms with Crippen molar-refractivity contribution in [1.82, 2.24) is 9.97 Å². The number of thiazole rings is 1. The Morgan fingerprint density at radius 1 is 1.46 bits per heavy atom. The number of halogens is 1. The number of anilines is 1. The Hall–Kier alpha value is -2.23. The van der Waals surface area contributed by atoms with E-state index in [1.807, 2.05) is 6.92 Å². The van der Waals surface area contributed by atoms with Gasteiger partial charge in [-0.2, -0.15) is 0 Å². The molecule has 0 aliphatic rings. The van der Waals surface area contributed by atoms with Crippen molar-refractivity contribution < 1.29 is 14.6 Å². The Bertz CT molecular complexity index is 1050. The minimum absolute atomic E-state index is 0.107. The van der Waals surface area contributed by atoms with Gasteiger partial charge < -0.3 is 20.1 Å². The van der Waals surface area contributed by atoms with Gasteiger partial charge in [0.15, 0.2) is 9.99 Å². The molecule has 0 atom stereocenters. The zero-order chi connectivity index (χ0) is 18.8. The number of benzene rings is 1. The van der Waals surface area contributed by atoms with Gasteiger partial charge in [-0.25, -0.2) is 4.98 Å². The molecule has 3 rings (SSSR count). The molecule has 136 valence electrons. The number of aromatic nitrogens is 2. The third-order valence-corrected chi connectivity index (χ3v) is 6.06. The highest BCUT2D eigenvalue weighted by Gasteiger charge is 2.14. The summed E-state index contributed by atoms with van der Waals surface area (Å²) < 4.78 is 6.27. The maximum Gasteiger partial charge on any atom is 0.253 e. The van der Waals surface area contributed by atoms with Gasteiger partial charge in [0.2, 0.25) is 5.91 Å². The fraction of sp³-hybridized carbons (Fsp3) is 0.188. The molecule has 3 aromatic rings. The number of H-pyrrole nitrogens is 1. The van der Waals surface area contributed by atoms with Crippen molar-refractivity contribution in [1.29, 1.82) is 0 Å². The number of carbonyl (C=O) groups is 1. The normalized spacial score (nSPS) is 10.9. The Morgan fingerprint density at radius 3 is 2.96 bits per heavy atom. The molecule has 10 heteroatoms. The van der Waals surface area contributed by atoms with Gasteiger partial charge in [0.25, 0.3) is 5.56 Å². The molecule has 1 amide bonds. The van der Waals surface area contributed by atoms with Crippen LogP contribution in [0.3, 0.4) is 0 Å². The molecular weight excluding hydrogens is 398 g/mol. The number of hydrogen-bond acceptors (Lipinski definition) is 7. The number of nitrogens with one attached hydrogen (secondary N) is 2. The van der Waals surface area contributed by atoms with Crippen LogP contribution in [0, 0.1) is 6.92 Å². The van der Waals surface area contributed by atoms with Gasteiger partial charge in [-0.1, -0.05) is 23.4 Å². The Kier molecular flexibility index (Phi) is 5.40. The zero-order valence-corrected chi connectivity index (χ0v) is 16.1. The van der Waals surface area contributed by atoms with E-state index < -0.39 is 5.56 Å². The standard InChI is InChI=1S/C16H14ClN3O4S2/c1-7-3-9(11(24-2)4-8(7)17)18-13(23)6-25-16-20-15-14(26-16)10(21)5-12(22)19-15/h3-5H,6H2,1-2H3,(H,18,23)(H2,19,21,22). The van der Waals surface area contributed by atoms with Gasteiger partial charge in [0.05, 0.1) is 18.6 Å². The van der Waals surface area contributed by atoms with Crippen molar-refractivity contribution in [3.63, 3.8) is 0 Å². The second-order valence-corrected chi connectivity index (χ2v) is 7.94. The van der Waals surface area contributed by atoms with Crippen LogP contribution in [0.1, 0.15) is 5.56 Å². The first kappa shape index (κ1) is 18.6. The van der Waals surface area contributed by atoms with Crippen LogP contribution in [-0.4, -0.2) is 33.8 Å². The number of aryl methyl sites for hydroxylation is 1. The summed E-state index contributed by atoms with van der Waals surface area (Å²) in [6.07, 6.45) is 0. The summed E-state index contributed by atoms with van der Waals surface area (Å²) in [4.78, 5) is 30.3. The highest BCUT2D eigenvalue weighted by atomic mass is 35.5. The number of hydrogen-bond donors (Lipinski definition) is 3. The smallest absolute Gasteiger partial charge is 0.253 e. The van der Waals surface area contributed by atoms with Crippen molar-refractivity contribution in [2.45, 2.75) is 11.3 Å². The lowest BCUT2D eigenvalue weighted by atomic mass is 10.2. The van der Waals surface area contributed by atoms with Gasteiger partial charge in [-0.05, 0) is 18.6 Å². The SMILES string of the molecule is COc1cc(Cl)c(C)cc1NC(=O)CSc1nc2[nH]c(=O)cc(O)c2s1. The molecular formula is C16H14ClN3O4S2. The molecule has 0 radical (unpaired) electrons. The lowest BCUT2D eigenvalue weighted by molar-refractivity contribution is -0.113. The van der Waals surface area contributed by atoms with E-state index in [0.29, 0.717) is 31.1 Å². The lowest BCUT2D eigenvalue weighted by Gasteiger charge is -2.11. The fourth-order valence-corrected chi connectivity index (χ4v) is 4.17. The van der Waals surface area contributed by atoms with E-state index in [-0.39, 0.29) is 17.4 Å². The summed E-state index contributed by atoms with van der Waals surface area (Å²) in [5.74, 6) is 0.211. The number of ether oxygens (including phenoxy) is 1. The number of nitrogens with zero attached hydrogens (tertiary/aromatic N) is 1. The number of methoxy groups -OCH3 is 1. The maximum absolute atomic E-state index is 12.2. The van der Waals surface area contributed by atoms with E-state index in [0.717, 1.165) is 11.6 Å². The van der Waals surface area contributed by atoms with E-state index in [2.05, 4.69) is 15.3 Å². The number of rotatable bonds is 5. The monoisotopic (exact) mass is 411 g/mol. The van der Waals surface area contributed by atoms with Gasteiger partial charge in [-0.15, -0.1) is 11.3 Å². The van der Waals surface area contributed by atoms with E-state index in [1.165, 1.54) is 30.2 Å². The van der Waals surface area contributed by atoms with E-state index >= 15 is 0 Å². The van der Waals surface area contributed by atoms with Gasteiger partial charge >= 0.3 is 0 Å². The number of aromatic amines is 1. The number of carbonyl (C=O) groups excluding carboxylic acids is 1. The molecule has 1 aromatic carbocycles. The average Bonchev–Trinajstić information content (AvgIpc) is 2.99. The van der Waals surface area contributed by atoms with Crippen LogP contribution in [0.5, 0.6) is 11.5 Å². The average molecular weight is 412 g/mol. The molecule has 26 heavy (non-hydrogen) atoms. The molecule has 0 saturated carbocycles. The van der Waals surface area contributed by atoms with Crippen LogP contribution in [0.2, 0.25) is 5.02 Å². The summed E-state index contributed by atoms with van der Waals surface area (Å²) in [5.41, 5.74) is 1.23. The minimum Gasteiger partial charge on any atom is -0.506 e. The molecule has 0 saturated heterocycles. The summed E-state index contributed by atoms with van der Waals surface area (Å²) in [7, 11) is 1.50. The first-order valence-electron chi connectivity index (χ1n) is 7.37. The second-order valence-electron chi connectivity index (χ2n) is 5.31. The number of pyridine rings is 1. The third kappa shape index (κ3) is 3.95. The quantitative estimate of drug-likeness (QED) is 0.556. The van der Waals surface area contributed by atoms with Crippen LogP contribution in [0.15, 0.2) is 27.3 Å². The molecule has 7 nitrogen and oxygen atoms in total. The molecule has 0 fully saturated rings. The molecule has 0 unspecified atom stereocenters. The van der Waals surface area contributed by atoms with Crippen molar-refractivity contribution in [2.75, 3.05) is 18.2 Å². The van der Waals surface area contributed by atoms with Crippen LogP contribution in [0.25, 0.3) is 10.3 Å². The van der Waals surface area contributed by atoms with Crippen molar-refractivity contribution >= 4 is 56.6 Å². The third-order valence-electron chi connectivity index (χ3n) is 3.43. The van der Waals surface area contributed by atoms with Crippen LogP contribution >= 0.6 is 34.7 Å². The predicted octanol–water partition coefficient (Wildman–Crippen LogP) is 3.39. The number of thioether (sulfide) groups is 1. The minimum atomic E-state index is -0.431. The van der Waals surface area contributed by atoms with Gasteiger partial charge in [-0.3, -0.25) is 9.59 Å². The fourth-order valence-electron chi connectivity index (χ4n) is 2.21. The molecule has 0 spiro atoms. The maximum atomic E-state index is 12.2. The Labute approximate surface area is 161 Å². The van der Waals surface area contributed by atoms with Crippen LogP contribution < -0.4 is 15.6 Å². The topological polar surface area (TPSA) is 104 Å². The molecule has 3 N–H and O–H groups in total. The Morgan fingerprint density at radius 2 is 2.23 bits per heavy atom. The van der Waals surface area contributed by atoms with Crippen molar-refractivity contribution in [3.05, 3.63) is 39.1 Å².